The molecule has 0 radical (unpaired) electrons. The Kier molecular flexibility index (Phi) is 7.95. The van der Waals surface area contributed by atoms with Crippen molar-refractivity contribution in [2.24, 2.45) is 0 Å². The van der Waals surface area contributed by atoms with E-state index in [0.29, 0.717) is 30.9 Å². The number of nitrogens with one attached hydrogen (secondary N) is 2. The molecule has 3 rings (SSSR count). The van der Waals surface area contributed by atoms with E-state index in [1.165, 1.54) is 11.1 Å². The van der Waals surface area contributed by atoms with Gasteiger partial charge in [0.2, 0.25) is 5.91 Å². The van der Waals surface area contributed by atoms with Crippen LogP contribution in [0.2, 0.25) is 0 Å². The topological polar surface area (TPSA) is 59.6 Å². The Bertz CT molecular complexity index is 767. The fourth-order valence-electron chi connectivity index (χ4n) is 3.37. The molecule has 0 aromatic heterocycles. The van der Waals surface area contributed by atoms with Gasteiger partial charge >= 0.3 is 0 Å². The summed E-state index contributed by atoms with van der Waals surface area (Å²) in [5.74, 6) is 1.45. The lowest BCUT2D eigenvalue weighted by molar-refractivity contribution is -0.121. The second-order valence-electron chi connectivity index (χ2n) is 6.45. The van der Waals surface area contributed by atoms with Crippen LogP contribution in [0.15, 0.2) is 42.5 Å². The lowest BCUT2D eigenvalue weighted by Gasteiger charge is -2.27. The van der Waals surface area contributed by atoms with Gasteiger partial charge in [0, 0.05) is 19.0 Å². The van der Waals surface area contributed by atoms with Crippen LogP contribution in [0.3, 0.4) is 0 Å². The Balaban J connectivity index is 0.00000261. The zero-order chi connectivity index (χ0) is 18.4. The lowest BCUT2D eigenvalue weighted by atomic mass is 9.94. The van der Waals surface area contributed by atoms with E-state index in [-0.39, 0.29) is 24.4 Å². The monoisotopic (exact) mass is 390 g/mol. The molecule has 27 heavy (non-hydrogen) atoms. The fourth-order valence-corrected chi connectivity index (χ4v) is 3.37. The van der Waals surface area contributed by atoms with Crippen molar-refractivity contribution in [2.45, 2.75) is 25.3 Å². The van der Waals surface area contributed by atoms with Gasteiger partial charge in [0.1, 0.15) is 0 Å². The molecule has 0 fully saturated rings. The van der Waals surface area contributed by atoms with Crippen LogP contribution in [-0.2, 0) is 17.6 Å². The van der Waals surface area contributed by atoms with E-state index >= 15 is 0 Å². The minimum absolute atomic E-state index is 0. The van der Waals surface area contributed by atoms with E-state index in [2.05, 4.69) is 34.9 Å². The Morgan fingerprint density at radius 1 is 1.15 bits per heavy atom. The van der Waals surface area contributed by atoms with E-state index in [4.69, 9.17) is 9.47 Å². The Labute approximate surface area is 166 Å². The van der Waals surface area contributed by atoms with Crippen LogP contribution in [0.1, 0.15) is 29.2 Å². The van der Waals surface area contributed by atoms with Gasteiger partial charge in [-0.3, -0.25) is 4.79 Å². The number of rotatable bonds is 7. The first kappa shape index (κ1) is 21.1. The van der Waals surface area contributed by atoms with Gasteiger partial charge < -0.3 is 20.1 Å². The summed E-state index contributed by atoms with van der Waals surface area (Å²) in [6.45, 7) is 1.56. The minimum atomic E-state index is 0. The summed E-state index contributed by atoms with van der Waals surface area (Å²) in [4.78, 5) is 12.3. The number of fused-ring (bicyclic) bond motifs is 1. The first-order valence-electron chi connectivity index (χ1n) is 9.00. The molecular weight excluding hydrogens is 364 g/mol. The molecule has 2 aromatic rings. The molecule has 0 saturated carbocycles. The maximum atomic E-state index is 12.3. The predicted molar refractivity (Wildman–Crippen MR) is 109 cm³/mol. The van der Waals surface area contributed by atoms with Crippen molar-refractivity contribution in [3.63, 3.8) is 0 Å². The van der Waals surface area contributed by atoms with Crippen LogP contribution in [0.5, 0.6) is 11.5 Å². The van der Waals surface area contributed by atoms with E-state index < -0.39 is 0 Å². The molecule has 6 heteroatoms. The Morgan fingerprint density at radius 2 is 1.93 bits per heavy atom. The maximum Gasteiger partial charge on any atom is 0.220 e. The molecule has 1 aliphatic rings. The van der Waals surface area contributed by atoms with Crippen molar-refractivity contribution in [1.29, 1.82) is 0 Å². The summed E-state index contributed by atoms with van der Waals surface area (Å²) < 4.78 is 10.6. The summed E-state index contributed by atoms with van der Waals surface area (Å²) in [6, 6.07) is 14.4. The molecule has 1 heterocycles. The Morgan fingerprint density at radius 3 is 2.70 bits per heavy atom. The molecule has 1 amide bonds. The summed E-state index contributed by atoms with van der Waals surface area (Å²) in [6.07, 6.45) is 2.16. The van der Waals surface area contributed by atoms with Gasteiger partial charge in [-0.15, -0.1) is 12.4 Å². The number of carbonyl (C=O) groups is 1. The highest BCUT2D eigenvalue weighted by atomic mass is 35.5. The van der Waals surface area contributed by atoms with Crippen LogP contribution >= 0.6 is 12.4 Å². The zero-order valence-electron chi connectivity index (χ0n) is 15.8. The van der Waals surface area contributed by atoms with Crippen LogP contribution in [-0.4, -0.2) is 33.2 Å². The highest BCUT2D eigenvalue weighted by Crippen LogP contribution is 2.28. The first-order valence-corrected chi connectivity index (χ1v) is 9.00. The van der Waals surface area contributed by atoms with Crippen LogP contribution in [0.4, 0.5) is 0 Å². The lowest BCUT2D eigenvalue weighted by Crippen LogP contribution is -2.38. The SMILES string of the molecule is COc1ccc(CCC(=O)NCC2NCCc3ccccc32)cc1OC.Cl. The summed E-state index contributed by atoms with van der Waals surface area (Å²) in [5, 5.41) is 6.54. The van der Waals surface area contributed by atoms with Gasteiger partial charge in [-0.05, 0) is 48.2 Å². The molecule has 2 aromatic carbocycles. The summed E-state index contributed by atoms with van der Waals surface area (Å²) in [5.41, 5.74) is 3.72. The predicted octanol–water partition coefficient (Wildman–Crippen LogP) is 3.06. The van der Waals surface area contributed by atoms with Crippen LogP contribution in [0.25, 0.3) is 0 Å². The first-order chi connectivity index (χ1) is 12.7. The maximum absolute atomic E-state index is 12.3. The van der Waals surface area contributed by atoms with E-state index in [0.717, 1.165) is 18.5 Å². The van der Waals surface area contributed by atoms with Crippen LogP contribution < -0.4 is 20.1 Å². The number of carbonyl (C=O) groups excluding carboxylic acids is 1. The van der Waals surface area contributed by atoms with Crippen molar-refractivity contribution in [3.05, 3.63) is 59.2 Å². The molecule has 1 aliphatic heterocycles. The van der Waals surface area contributed by atoms with Crippen molar-refractivity contribution >= 4 is 18.3 Å². The van der Waals surface area contributed by atoms with Gasteiger partial charge in [0.05, 0.1) is 14.2 Å². The third-order valence-electron chi connectivity index (χ3n) is 4.81. The zero-order valence-corrected chi connectivity index (χ0v) is 16.6. The second-order valence-corrected chi connectivity index (χ2v) is 6.45. The number of benzene rings is 2. The molecule has 2 N–H and O–H groups in total. The molecular formula is C21H27ClN2O3. The average molecular weight is 391 g/mol. The second kappa shape index (κ2) is 10.2. The van der Waals surface area contributed by atoms with Crippen molar-refractivity contribution in [1.82, 2.24) is 10.6 Å². The van der Waals surface area contributed by atoms with Gasteiger partial charge in [-0.2, -0.15) is 0 Å². The molecule has 146 valence electrons. The number of amides is 1. The van der Waals surface area contributed by atoms with E-state index in [9.17, 15) is 4.79 Å². The van der Waals surface area contributed by atoms with Gasteiger partial charge in [0.25, 0.3) is 0 Å². The summed E-state index contributed by atoms with van der Waals surface area (Å²) in [7, 11) is 3.23. The van der Waals surface area contributed by atoms with Gasteiger partial charge in [0.15, 0.2) is 11.5 Å². The highest BCUT2D eigenvalue weighted by Gasteiger charge is 2.19. The number of methoxy groups -OCH3 is 2. The number of ether oxygens (including phenoxy) is 2. The third-order valence-corrected chi connectivity index (χ3v) is 4.81. The van der Waals surface area contributed by atoms with E-state index in [1.54, 1.807) is 14.2 Å². The quantitative estimate of drug-likeness (QED) is 0.762. The van der Waals surface area contributed by atoms with Crippen LogP contribution in [0, 0.1) is 0 Å². The van der Waals surface area contributed by atoms with Gasteiger partial charge in [-0.25, -0.2) is 0 Å². The Hall–Kier alpha value is -2.24. The third kappa shape index (κ3) is 5.37. The number of hydrogen-bond donors (Lipinski definition) is 2. The molecule has 0 aliphatic carbocycles. The van der Waals surface area contributed by atoms with Crippen molar-refractivity contribution in [2.75, 3.05) is 27.3 Å². The van der Waals surface area contributed by atoms with E-state index in [1.807, 2.05) is 18.2 Å². The standard InChI is InChI=1S/C21H26N2O3.ClH/c1-25-19-9-7-15(13-20(19)26-2)8-10-21(24)23-14-18-17-6-4-3-5-16(17)11-12-22-18;/h3-7,9,13,18,22H,8,10-12,14H2,1-2H3,(H,23,24);1H. The number of aryl methyl sites for hydroxylation is 1. The molecule has 1 unspecified atom stereocenters. The van der Waals surface area contributed by atoms with Gasteiger partial charge in [-0.1, -0.05) is 30.3 Å². The molecule has 0 saturated heterocycles. The average Bonchev–Trinajstić information content (AvgIpc) is 2.70. The number of halogens is 1. The highest BCUT2D eigenvalue weighted by molar-refractivity contribution is 5.85. The van der Waals surface area contributed by atoms with Crippen molar-refractivity contribution < 1.29 is 14.3 Å². The fraction of sp³-hybridized carbons (Fsp3) is 0.381. The molecule has 0 spiro atoms. The normalized spacial score (nSPS) is 15.3. The summed E-state index contributed by atoms with van der Waals surface area (Å²) >= 11 is 0. The molecule has 0 bridgehead atoms. The number of hydrogen-bond acceptors (Lipinski definition) is 4. The largest absolute Gasteiger partial charge is 0.493 e. The smallest absolute Gasteiger partial charge is 0.220 e. The molecule has 5 nitrogen and oxygen atoms in total. The molecule has 1 atom stereocenters. The minimum Gasteiger partial charge on any atom is -0.493 e. The van der Waals surface area contributed by atoms with Crippen molar-refractivity contribution in [3.8, 4) is 11.5 Å².